The van der Waals surface area contributed by atoms with Gasteiger partial charge in [0.1, 0.15) is 11.6 Å². The van der Waals surface area contributed by atoms with Crippen molar-refractivity contribution < 1.29 is 9.18 Å². The number of likely N-dealkylation sites (tertiary alicyclic amines) is 1. The third-order valence-electron chi connectivity index (χ3n) is 2.94. The first-order valence-corrected chi connectivity index (χ1v) is 5.72. The lowest BCUT2D eigenvalue weighted by atomic mass is 10.1. The summed E-state index contributed by atoms with van der Waals surface area (Å²) in [5.41, 5.74) is 0.998. The number of halogens is 1. The minimum atomic E-state index is -0.188. The van der Waals surface area contributed by atoms with Crippen LogP contribution < -0.4 is 0 Å². The van der Waals surface area contributed by atoms with Gasteiger partial charge in [0.15, 0.2) is 0 Å². The Balaban J connectivity index is 1.85. The van der Waals surface area contributed by atoms with Gasteiger partial charge >= 0.3 is 0 Å². The Morgan fingerprint density at radius 3 is 3.00 bits per heavy atom. The number of piperidine rings is 1. The van der Waals surface area contributed by atoms with Crippen molar-refractivity contribution >= 4 is 5.78 Å². The van der Waals surface area contributed by atoms with Gasteiger partial charge < -0.3 is 0 Å². The van der Waals surface area contributed by atoms with Crippen molar-refractivity contribution in [1.29, 1.82) is 0 Å². The molecule has 0 atom stereocenters. The first-order chi connectivity index (χ1) is 7.74. The molecule has 0 aliphatic carbocycles. The van der Waals surface area contributed by atoms with Crippen LogP contribution in [-0.2, 0) is 11.2 Å². The van der Waals surface area contributed by atoms with E-state index >= 15 is 0 Å². The van der Waals surface area contributed by atoms with Gasteiger partial charge in [-0.25, -0.2) is 4.39 Å². The predicted octanol–water partition coefficient (Wildman–Crippen LogP) is 2.03. The largest absolute Gasteiger partial charge is 0.298 e. The predicted molar refractivity (Wildman–Crippen MR) is 60.8 cm³/mol. The van der Waals surface area contributed by atoms with Gasteiger partial charge in [-0.1, -0.05) is 12.1 Å². The lowest BCUT2D eigenvalue weighted by Gasteiger charge is -2.25. The van der Waals surface area contributed by atoms with Crippen LogP contribution in [0, 0.1) is 5.82 Å². The Morgan fingerprint density at radius 1 is 1.38 bits per heavy atom. The van der Waals surface area contributed by atoms with E-state index in [0.29, 0.717) is 12.3 Å². The average molecular weight is 221 g/mol. The molecule has 1 aromatic carbocycles. The summed E-state index contributed by atoms with van der Waals surface area (Å²) in [6.45, 7) is 2.39. The maximum absolute atomic E-state index is 12.9. The van der Waals surface area contributed by atoms with Crippen molar-refractivity contribution in [2.24, 2.45) is 0 Å². The Hall–Kier alpha value is -1.22. The number of carbonyl (C=O) groups is 1. The number of hydrogen-bond donors (Lipinski definition) is 0. The van der Waals surface area contributed by atoms with E-state index < -0.39 is 0 Å². The highest BCUT2D eigenvalue weighted by molar-refractivity contribution is 5.81. The molecule has 0 aromatic heterocycles. The number of Topliss-reactive ketones (excluding diaryl/α,β-unsaturated/α-hetero) is 1. The second kappa shape index (κ2) is 5.21. The van der Waals surface area contributed by atoms with Crippen LogP contribution in [0.2, 0.25) is 0 Å². The summed E-state index contributed by atoms with van der Waals surface area (Å²) in [5.74, 6) is 0.137. The van der Waals surface area contributed by atoms with Crippen molar-refractivity contribution in [3.05, 3.63) is 35.6 Å². The number of ketones is 1. The Labute approximate surface area is 95.1 Å². The number of carbonyl (C=O) groups excluding carboxylic acids is 1. The summed E-state index contributed by atoms with van der Waals surface area (Å²) >= 11 is 0. The summed E-state index contributed by atoms with van der Waals surface area (Å²) in [4.78, 5) is 13.4. The number of benzene rings is 1. The van der Waals surface area contributed by atoms with Crippen LogP contribution >= 0.6 is 0 Å². The summed E-state index contributed by atoms with van der Waals surface area (Å²) in [5, 5.41) is 0. The van der Waals surface area contributed by atoms with Crippen molar-refractivity contribution in [1.82, 2.24) is 4.90 Å². The monoisotopic (exact) mass is 221 g/mol. The van der Waals surface area contributed by atoms with Gasteiger partial charge in [0.05, 0.1) is 6.54 Å². The van der Waals surface area contributed by atoms with Crippen LogP contribution in [0.15, 0.2) is 24.3 Å². The zero-order valence-corrected chi connectivity index (χ0v) is 9.29. The lowest BCUT2D eigenvalue weighted by Crippen LogP contribution is -2.36. The number of hydrogen-bond acceptors (Lipinski definition) is 2. The third kappa shape index (κ3) is 3.14. The molecule has 1 aromatic rings. The quantitative estimate of drug-likeness (QED) is 0.778. The van der Waals surface area contributed by atoms with Gasteiger partial charge in [-0.2, -0.15) is 0 Å². The molecule has 86 valence electrons. The number of nitrogens with zero attached hydrogens (tertiary/aromatic N) is 1. The van der Waals surface area contributed by atoms with Crippen LogP contribution in [0.25, 0.3) is 0 Å². The zero-order valence-electron chi connectivity index (χ0n) is 9.29. The summed E-state index contributed by atoms with van der Waals surface area (Å²) < 4.78 is 12.9. The molecule has 0 unspecified atom stereocenters. The number of rotatable bonds is 3. The molecular formula is C13H16FNO. The first-order valence-electron chi connectivity index (χ1n) is 5.72. The molecule has 16 heavy (non-hydrogen) atoms. The van der Waals surface area contributed by atoms with Gasteiger partial charge in [0.25, 0.3) is 0 Å². The first kappa shape index (κ1) is 11.3. The van der Waals surface area contributed by atoms with Crippen molar-refractivity contribution in [2.45, 2.75) is 19.3 Å². The SMILES string of the molecule is O=C1CCCN(CCc2cccc(F)c2)C1. The Bertz CT molecular complexity index is 378. The Morgan fingerprint density at radius 2 is 2.25 bits per heavy atom. The van der Waals surface area contributed by atoms with E-state index in [-0.39, 0.29) is 5.82 Å². The van der Waals surface area contributed by atoms with Crippen LogP contribution in [0.3, 0.4) is 0 Å². The van der Waals surface area contributed by atoms with E-state index in [4.69, 9.17) is 0 Å². The van der Waals surface area contributed by atoms with E-state index in [2.05, 4.69) is 4.90 Å². The standard InChI is InChI=1S/C13H16FNO/c14-12-4-1-3-11(9-12)6-8-15-7-2-5-13(16)10-15/h1,3-4,9H,2,5-8,10H2. The smallest absolute Gasteiger partial charge is 0.146 e. The molecule has 1 fully saturated rings. The molecule has 1 heterocycles. The van der Waals surface area contributed by atoms with E-state index in [1.54, 1.807) is 12.1 Å². The molecular weight excluding hydrogens is 205 g/mol. The molecule has 1 aliphatic rings. The molecule has 2 rings (SSSR count). The molecule has 2 nitrogen and oxygen atoms in total. The maximum atomic E-state index is 12.9. The fourth-order valence-electron chi connectivity index (χ4n) is 2.08. The maximum Gasteiger partial charge on any atom is 0.146 e. The van der Waals surface area contributed by atoms with Crippen LogP contribution in [0.5, 0.6) is 0 Å². The summed E-state index contributed by atoms with van der Waals surface area (Å²) in [6.07, 6.45) is 2.49. The molecule has 0 spiro atoms. The molecule has 0 radical (unpaired) electrons. The summed E-state index contributed by atoms with van der Waals surface area (Å²) in [6, 6.07) is 6.67. The van der Waals surface area contributed by atoms with Crippen molar-refractivity contribution in [3.8, 4) is 0 Å². The average Bonchev–Trinajstić information content (AvgIpc) is 2.27. The molecule has 0 N–H and O–H groups in total. The molecule has 1 aliphatic heterocycles. The summed E-state index contributed by atoms with van der Waals surface area (Å²) in [7, 11) is 0. The Kier molecular flexibility index (Phi) is 3.67. The van der Waals surface area contributed by atoms with E-state index in [1.807, 2.05) is 6.07 Å². The van der Waals surface area contributed by atoms with Gasteiger partial charge in [-0.3, -0.25) is 9.69 Å². The van der Waals surface area contributed by atoms with Crippen LogP contribution in [-0.4, -0.2) is 30.3 Å². The molecule has 0 amide bonds. The highest BCUT2D eigenvalue weighted by atomic mass is 19.1. The fraction of sp³-hybridized carbons (Fsp3) is 0.462. The van der Waals surface area contributed by atoms with E-state index in [1.165, 1.54) is 6.07 Å². The van der Waals surface area contributed by atoms with Crippen LogP contribution in [0.1, 0.15) is 18.4 Å². The van der Waals surface area contributed by atoms with Gasteiger partial charge in [0, 0.05) is 13.0 Å². The third-order valence-corrected chi connectivity index (χ3v) is 2.94. The van der Waals surface area contributed by atoms with E-state index in [0.717, 1.165) is 37.9 Å². The normalized spacial score (nSPS) is 17.7. The van der Waals surface area contributed by atoms with Gasteiger partial charge in [0.2, 0.25) is 0 Å². The minimum absolute atomic E-state index is 0.188. The van der Waals surface area contributed by atoms with Crippen molar-refractivity contribution in [2.75, 3.05) is 19.6 Å². The molecule has 1 saturated heterocycles. The van der Waals surface area contributed by atoms with Gasteiger partial charge in [-0.15, -0.1) is 0 Å². The fourth-order valence-corrected chi connectivity index (χ4v) is 2.08. The second-order valence-corrected chi connectivity index (χ2v) is 4.30. The molecule has 0 bridgehead atoms. The van der Waals surface area contributed by atoms with Gasteiger partial charge in [-0.05, 0) is 37.1 Å². The molecule has 0 saturated carbocycles. The second-order valence-electron chi connectivity index (χ2n) is 4.30. The van der Waals surface area contributed by atoms with Crippen LogP contribution in [0.4, 0.5) is 4.39 Å². The zero-order chi connectivity index (χ0) is 11.4. The van der Waals surface area contributed by atoms with Crippen molar-refractivity contribution in [3.63, 3.8) is 0 Å². The molecule has 3 heteroatoms. The lowest BCUT2D eigenvalue weighted by molar-refractivity contribution is -0.122. The topological polar surface area (TPSA) is 20.3 Å². The van der Waals surface area contributed by atoms with E-state index in [9.17, 15) is 9.18 Å². The highest BCUT2D eigenvalue weighted by Gasteiger charge is 2.15. The minimum Gasteiger partial charge on any atom is -0.298 e. The highest BCUT2D eigenvalue weighted by Crippen LogP contribution is 2.09.